The first-order valence-corrected chi connectivity index (χ1v) is 8.67. The average Bonchev–Trinajstić information content (AvgIpc) is 3.33. The molecule has 1 fully saturated rings. The number of carbonyl (C=O) groups is 2. The third-order valence-electron chi connectivity index (χ3n) is 3.94. The van der Waals surface area contributed by atoms with Gasteiger partial charge in [-0.25, -0.2) is 4.68 Å². The molecule has 0 bridgehead atoms. The Balaban J connectivity index is 1.70. The normalized spacial score (nSPS) is 13.7. The van der Waals surface area contributed by atoms with E-state index in [0.717, 1.165) is 24.2 Å². The van der Waals surface area contributed by atoms with Crippen LogP contribution in [-0.4, -0.2) is 34.3 Å². The van der Waals surface area contributed by atoms with Crippen molar-refractivity contribution >= 4 is 11.9 Å². The van der Waals surface area contributed by atoms with Crippen LogP contribution in [-0.2, 0) is 9.53 Å². The summed E-state index contributed by atoms with van der Waals surface area (Å²) in [6.45, 7) is 3.84. The molecule has 0 atom stereocenters. The van der Waals surface area contributed by atoms with Crippen LogP contribution in [0, 0.1) is 0 Å². The van der Waals surface area contributed by atoms with Gasteiger partial charge >= 0.3 is 5.97 Å². The van der Waals surface area contributed by atoms with Crippen molar-refractivity contribution in [1.29, 1.82) is 0 Å². The van der Waals surface area contributed by atoms with Crippen LogP contribution in [0.4, 0.5) is 0 Å². The SMILES string of the molecule is CC(C)OC(=O)CCNC(=O)c1cc(C2CC2)nn1-c1ccccc1. The van der Waals surface area contributed by atoms with E-state index in [1.807, 2.05) is 36.4 Å². The molecule has 0 aliphatic heterocycles. The highest BCUT2D eigenvalue weighted by Gasteiger charge is 2.29. The van der Waals surface area contributed by atoms with Gasteiger partial charge in [-0.15, -0.1) is 0 Å². The van der Waals surface area contributed by atoms with E-state index in [1.165, 1.54) is 0 Å². The maximum atomic E-state index is 12.6. The quantitative estimate of drug-likeness (QED) is 0.786. The summed E-state index contributed by atoms with van der Waals surface area (Å²) in [5.74, 6) is -0.0938. The van der Waals surface area contributed by atoms with Crippen molar-refractivity contribution < 1.29 is 14.3 Å². The number of amides is 1. The van der Waals surface area contributed by atoms with E-state index < -0.39 is 0 Å². The molecule has 0 unspecified atom stereocenters. The molecule has 25 heavy (non-hydrogen) atoms. The van der Waals surface area contributed by atoms with E-state index in [1.54, 1.807) is 18.5 Å². The lowest BCUT2D eigenvalue weighted by Gasteiger charge is -2.09. The first-order chi connectivity index (χ1) is 12.0. The Morgan fingerprint density at radius 1 is 1.28 bits per heavy atom. The molecule has 1 N–H and O–H groups in total. The summed E-state index contributed by atoms with van der Waals surface area (Å²) in [6, 6.07) is 11.4. The van der Waals surface area contributed by atoms with Crippen LogP contribution in [0.3, 0.4) is 0 Å². The van der Waals surface area contributed by atoms with Crippen LogP contribution in [0.15, 0.2) is 36.4 Å². The zero-order valence-corrected chi connectivity index (χ0v) is 14.6. The third kappa shape index (κ3) is 4.47. The van der Waals surface area contributed by atoms with Gasteiger partial charge in [0.2, 0.25) is 0 Å². The number of benzene rings is 1. The summed E-state index contributed by atoms with van der Waals surface area (Å²) in [5.41, 5.74) is 2.29. The first-order valence-electron chi connectivity index (χ1n) is 8.67. The number of nitrogens with one attached hydrogen (secondary N) is 1. The number of aromatic nitrogens is 2. The van der Waals surface area contributed by atoms with Crippen LogP contribution in [0.2, 0.25) is 0 Å². The van der Waals surface area contributed by atoms with Crippen molar-refractivity contribution in [2.45, 2.75) is 45.1 Å². The van der Waals surface area contributed by atoms with Gasteiger partial charge in [0.25, 0.3) is 5.91 Å². The van der Waals surface area contributed by atoms with Gasteiger partial charge in [-0.1, -0.05) is 18.2 Å². The van der Waals surface area contributed by atoms with E-state index in [2.05, 4.69) is 10.4 Å². The molecule has 132 valence electrons. The molecule has 0 radical (unpaired) electrons. The molecular weight excluding hydrogens is 318 g/mol. The van der Waals surface area contributed by atoms with Gasteiger partial charge in [0.1, 0.15) is 5.69 Å². The average molecular weight is 341 g/mol. The Bertz CT molecular complexity index is 749. The molecular formula is C19H23N3O3. The minimum absolute atomic E-state index is 0.149. The Labute approximate surface area is 147 Å². The maximum absolute atomic E-state index is 12.6. The number of ether oxygens (including phenoxy) is 1. The largest absolute Gasteiger partial charge is 0.463 e. The highest BCUT2D eigenvalue weighted by atomic mass is 16.5. The summed E-state index contributed by atoms with van der Waals surface area (Å²) in [4.78, 5) is 24.1. The first kappa shape index (κ1) is 17.2. The van der Waals surface area contributed by atoms with Crippen molar-refractivity contribution in [2.24, 2.45) is 0 Å². The predicted molar refractivity (Wildman–Crippen MR) is 93.7 cm³/mol. The summed E-state index contributed by atoms with van der Waals surface area (Å²) >= 11 is 0. The molecule has 0 spiro atoms. The predicted octanol–water partition coefficient (Wildman–Crippen LogP) is 2.82. The van der Waals surface area contributed by atoms with Crippen molar-refractivity contribution in [1.82, 2.24) is 15.1 Å². The number of para-hydroxylation sites is 1. The summed E-state index contributed by atoms with van der Waals surface area (Å²) in [5, 5.41) is 7.40. The van der Waals surface area contributed by atoms with Crippen LogP contribution >= 0.6 is 0 Å². The lowest BCUT2D eigenvalue weighted by Crippen LogP contribution is -2.28. The van der Waals surface area contributed by atoms with Crippen molar-refractivity contribution in [3.8, 4) is 5.69 Å². The lowest BCUT2D eigenvalue weighted by molar-refractivity contribution is -0.147. The second-order valence-electron chi connectivity index (χ2n) is 6.52. The fourth-order valence-corrected chi connectivity index (χ4v) is 2.60. The highest BCUT2D eigenvalue weighted by molar-refractivity contribution is 5.93. The number of esters is 1. The van der Waals surface area contributed by atoms with Crippen LogP contribution in [0.1, 0.15) is 55.2 Å². The summed E-state index contributed by atoms with van der Waals surface area (Å²) in [7, 11) is 0. The van der Waals surface area contributed by atoms with Crippen LogP contribution < -0.4 is 5.32 Å². The lowest BCUT2D eigenvalue weighted by atomic mass is 10.2. The second-order valence-corrected chi connectivity index (χ2v) is 6.52. The van der Waals surface area contributed by atoms with Gasteiger partial charge in [-0.3, -0.25) is 9.59 Å². The molecule has 1 saturated carbocycles. The fraction of sp³-hybridized carbons (Fsp3) is 0.421. The van der Waals surface area contributed by atoms with Gasteiger partial charge < -0.3 is 10.1 Å². The van der Waals surface area contributed by atoms with Gasteiger partial charge in [0.15, 0.2) is 0 Å². The Morgan fingerprint density at radius 2 is 2.00 bits per heavy atom. The number of rotatable bonds is 7. The molecule has 1 amide bonds. The monoisotopic (exact) mass is 341 g/mol. The molecule has 2 aromatic rings. The van der Waals surface area contributed by atoms with E-state index in [9.17, 15) is 9.59 Å². The topological polar surface area (TPSA) is 73.2 Å². The zero-order valence-electron chi connectivity index (χ0n) is 14.6. The molecule has 6 heteroatoms. The van der Waals surface area contributed by atoms with E-state index in [4.69, 9.17) is 4.74 Å². The Morgan fingerprint density at radius 3 is 2.64 bits per heavy atom. The van der Waals surface area contributed by atoms with Crippen LogP contribution in [0.5, 0.6) is 0 Å². The third-order valence-corrected chi connectivity index (χ3v) is 3.94. The standard InChI is InChI=1S/C19H23N3O3/c1-13(2)25-18(23)10-11-20-19(24)17-12-16(14-8-9-14)21-22(17)15-6-4-3-5-7-15/h3-7,12-14H,8-11H2,1-2H3,(H,20,24). The summed E-state index contributed by atoms with van der Waals surface area (Å²) < 4.78 is 6.74. The number of nitrogens with zero attached hydrogens (tertiary/aromatic N) is 2. The van der Waals surface area contributed by atoms with Gasteiger partial charge in [-0.2, -0.15) is 5.10 Å². The molecule has 1 aliphatic carbocycles. The van der Waals surface area contributed by atoms with E-state index in [-0.39, 0.29) is 30.9 Å². The van der Waals surface area contributed by atoms with E-state index >= 15 is 0 Å². The molecule has 1 aromatic carbocycles. The smallest absolute Gasteiger partial charge is 0.307 e. The molecule has 0 saturated heterocycles. The van der Waals surface area contributed by atoms with Gasteiger partial charge in [-0.05, 0) is 44.9 Å². The zero-order chi connectivity index (χ0) is 17.8. The minimum atomic E-state index is -0.314. The molecule has 1 aromatic heterocycles. The number of hydrogen-bond donors (Lipinski definition) is 1. The van der Waals surface area contributed by atoms with Crippen molar-refractivity contribution in [3.05, 3.63) is 47.8 Å². The van der Waals surface area contributed by atoms with Gasteiger partial charge in [0.05, 0.1) is 23.9 Å². The second kappa shape index (κ2) is 7.51. The van der Waals surface area contributed by atoms with E-state index in [0.29, 0.717) is 11.6 Å². The van der Waals surface area contributed by atoms with Crippen molar-refractivity contribution in [3.63, 3.8) is 0 Å². The molecule has 1 aliphatic rings. The minimum Gasteiger partial charge on any atom is -0.463 e. The Kier molecular flexibility index (Phi) is 5.16. The molecule has 6 nitrogen and oxygen atoms in total. The molecule has 3 rings (SSSR count). The van der Waals surface area contributed by atoms with Crippen molar-refractivity contribution in [2.75, 3.05) is 6.54 Å². The molecule has 1 heterocycles. The number of hydrogen-bond acceptors (Lipinski definition) is 4. The fourth-order valence-electron chi connectivity index (χ4n) is 2.60. The highest BCUT2D eigenvalue weighted by Crippen LogP contribution is 2.39. The van der Waals surface area contributed by atoms with Gasteiger partial charge in [0, 0.05) is 12.5 Å². The van der Waals surface area contributed by atoms with Crippen LogP contribution in [0.25, 0.3) is 5.69 Å². The maximum Gasteiger partial charge on any atom is 0.307 e. The number of carbonyl (C=O) groups excluding carboxylic acids is 2. The summed E-state index contributed by atoms with van der Waals surface area (Å²) in [6.07, 6.45) is 2.24. The Hall–Kier alpha value is -2.63.